The van der Waals surface area contributed by atoms with Gasteiger partial charge in [0.2, 0.25) is 17.5 Å². The number of fused-ring (bicyclic) bond motifs is 3. The van der Waals surface area contributed by atoms with Crippen LogP contribution in [0.25, 0.3) is 0 Å². The second kappa shape index (κ2) is 18.6. The SMILES string of the molecule is CC(=O)NC([C@@](C)(CO)COCC1(C)OC2(CO)OC(C)(C1(C)O)C2(C)O)[C@@](C)(COCC1(C)C(C)(C)OC(C)(OC(=O)CCCCC2SC[C@@H]3NC(=O)N[C@H]23)[C@H](O)C1(C)O)OC(C)(C)CO. The van der Waals surface area contributed by atoms with Crippen LogP contribution in [0.1, 0.15) is 123 Å². The molecule has 20 nitrogen and oxygen atoms in total. The van der Waals surface area contributed by atoms with Gasteiger partial charge in [0, 0.05) is 36.7 Å². The number of aliphatic hydroxyl groups excluding tert-OH is 4. The maximum absolute atomic E-state index is 13.3. The molecule has 6 saturated heterocycles. The Kier molecular flexibility index (Phi) is 15.5. The Morgan fingerprint density at radius 1 is 0.866 bits per heavy atom. The molecule has 6 rings (SSSR count). The molecule has 6 aliphatic rings. The van der Waals surface area contributed by atoms with Crippen LogP contribution in [0.3, 0.4) is 0 Å². The molecule has 0 aromatic carbocycles. The standard InChI is InChI=1S/C46H81N3O17S/c1-27(53)47-32(37(6,21-51)23-60-26-40(9)43(12,58)45(14)44(13,59)46(22-52,65-40)66-45)38(7,63-35(2,3)20-50)24-61-25-39(8)36(4,5)64-42(11,33(55)41(39,10)57)62-30(54)18-16-15-17-29-31-28(19-67-29)48-34(56)49-31/h28-29,31-33,50-52,55,57-59H,15-26H2,1-14H3,(H,47,53)(H2,48,49,56)/t28-,29?,31-,32?,33+,37-,38+,39?,40?,41?,42?,43?,44?,45?,46?/m0/s1. The fourth-order valence-corrected chi connectivity index (χ4v) is 12.7. The lowest BCUT2D eigenvalue weighted by Crippen LogP contribution is -2.96. The van der Waals surface area contributed by atoms with Crippen LogP contribution < -0.4 is 16.0 Å². The quantitative estimate of drug-likeness (QED) is 0.0407. The number of carbonyl (C=O) groups is 3. The normalized spacial score (nSPS) is 42.3. The highest BCUT2D eigenvalue weighted by molar-refractivity contribution is 8.00. The van der Waals surface area contributed by atoms with Crippen molar-refractivity contribution in [2.24, 2.45) is 10.8 Å². The summed E-state index contributed by atoms with van der Waals surface area (Å²) in [6, 6.07) is -1.14. The number of hydrogen-bond donors (Lipinski definition) is 10. The molecule has 6 heterocycles. The predicted molar refractivity (Wildman–Crippen MR) is 243 cm³/mol. The van der Waals surface area contributed by atoms with Crippen molar-refractivity contribution in [2.75, 3.05) is 52.0 Å². The molecule has 3 amide bonds. The number of hydrogen-bond acceptors (Lipinski definition) is 18. The van der Waals surface area contributed by atoms with Crippen molar-refractivity contribution in [3.05, 3.63) is 0 Å². The number of thioether (sulfide) groups is 1. The third-order valence-corrected chi connectivity index (χ3v) is 17.9. The summed E-state index contributed by atoms with van der Waals surface area (Å²) in [5.74, 6) is -4.10. The second-order valence-corrected chi connectivity index (χ2v) is 23.9. The number of carbonyl (C=O) groups excluding carboxylic acids is 3. The van der Waals surface area contributed by atoms with Gasteiger partial charge in [0.15, 0.2) is 0 Å². The van der Waals surface area contributed by atoms with Gasteiger partial charge in [0.25, 0.3) is 0 Å². The molecule has 6 fully saturated rings. The first-order valence-corrected chi connectivity index (χ1v) is 24.3. The first-order valence-electron chi connectivity index (χ1n) is 23.3. The average Bonchev–Trinajstić information content (AvgIpc) is 3.77. The molecule has 0 radical (unpaired) electrons. The lowest BCUT2D eigenvalue weighted by atomic mass is 9.56. The van der Waals surface area contributed by atoms with Crippen molar-refractivity contribution in [1.29, 1.82) is 0 Å². The molecule has 15 atom stereocenters. The van der Waals surface area contributed by atoms with E-state index in [1.165, 1.54) is 41.5 Å². The zero-order valence-electron chi connectivity index (χ0n) is 42.0. The van der Waals surface area contributed by atoms with Crippen molar-refractivity contribution >= 4 is 29.7 Å². The monoisotopic (exact) mass is 980 g/mol. The van der Waals surface area contributed by atoms with Gasteiger partial charge in [-0.1, -0.05) is 20.3 Å². The van der Waals surface area contributed by atoms with Crippen LogP contribution in [0.15, 0.2) is 0 Å². The molecule has 388 valence electrons. The van der Waals surface area contributed by atoms with Crippen LogP contribution in [0, 0.1) is 10.8 Å². The largest absolute Gasteiger partial charge is 0.430 e. The van der Waals surface area contributed by atoms with Crippen LogP contribution >= 0.6 is 11.8 Å². The van der Waals surface area contributed by atoms with Gasteiger partial charge in [-0.25, -0.2) is 4.79 Å². The smallest absolute Gasteiger partial charge is 0.315 e. The van der Waals surface area contributed by atoms with Crippen molar-refractivity contribution < 1.29 is 83.3 Å². The summed E-state index contributed by atoms with van der Waals surface area (Å²) in [6.45, 7) is 18.6. The molecule has 6 aliphatic heterocycles. The number of unbranched alkanes of at least 4 members (excludes halogenated alkanes) is 1. The number of aliphatic hydroxyl groups is 7. The van der Waals surface area contributed by atoms with Gasteiger partial charge in [-0.2, -0.15) is 11.8 Å². The molecule has 67 heavy (non-hydrogen) atoms. The van der Waals surface area contributed by atoms with Crippen molar-refractivity contribution in [3.63, 3.8) is 0 Å². The van der Waals surface area contributed by atoms with E-state index in [0.29, 0.717) is 12.8 Å². The minimum atomic E-state index is -2.02. The molecular weight excluding hydrogens is 899 g/mol. The first kappa shape index (κ1) is 56.0. The van der Waals surface area contributed by atoms with Crippen LogP contribution in [0.2, 0.25) is 0 Å². The Morgan fingerprint density at radius 3 is 2.06 bits per heavy atom. The lowest BCUT2D eigenvalue weighted by Gasteiger charge is -2.76. The minimum Gasteiger partial charge on any atom is -0.430 e. The number of ether oxygens (including phenoxy) is 7. The fourth-order valence-electron chi connectivity index (χ4n) is 11.2. The number of amides is 3. The van der Waals surface area contributed by atoms with Gasteiger partial charge in [0.1, 0.15) is 46.3 Å². The van der Waals surface area contributed by atoms with E-state index in [0.717, 1.165) is 12.2 Å². The van der Waals surface area contributed by atoms with Crippen LogP contribution in [-0.2, 0) is 42.7 Å². The summed E-state index contributed by atoms with van der Waals surface area (Å²) in [5, 5.41) is 88.2. The highest BCUT2D eigenvalue weighted by Gasteiger charge is 2.86. The van der Waals surface area contributed by atoms with E-state index in [-0.39, 0.29) is 56.2 Å². The van der Waals surface area contributed by atoms with Crippen LogP contribution in [0.5, 0.6) is 0 Å². The van der Waals surface area contributed by atoms with Crippen LogP contribution in [-0.4, -0.2) is 192 Å². The Morgan fingerprint density at radius 2 is 1.49 bits per heavy atom. The zero-order valence-corrected chi connectivity index (χ0v) is 42.8. The topological polar surface area (TPSA) is 294 Å². The maximum Gasteiger partial charge on any atom is 0.315 e. The van der Waals surface area contributed by atoms with E-state index >= 15 is 0 Å². The Bertz CT molecular complexity index is 1840. The molecule has 21 heteroatoms. The molecule has 0 saturated carbocycles. The summed E-state index contributed by atoms with van der Waals surface area (Å²) in [6.07, 6.45) is 0.283. The van der Waals surface area contributed by atoms with Gasteiger partial charge in [0.05, 0.1) is 74.4 Å². The van der Waals surface area contributed by atoms with E-state index in [1.54, 1.807) is 67.2 Å². The summed E-state index contributed by atoms with van der Waals surface area (Å²) in [7, 11) is 0. The van der Waals surface area contributed by atoms with Gasteiger partial charge in [-0.15, -0.1) is 0 Å². The fraction of sp³-hybridized carbons (Fsp3) is 0.935. The van der Waals surface area contributed by atoms with E-state index in [9.17, 15) is 50.1 Å². The van der Waals surface area contributed by atoms with E-state index in [1.807, 2.05) is 0 Å². The molecule has 0 aromatic heterocycles. The maximum atomic E-state index is 13.3. The lowest BCUT2D eigenvalue weighted by molar-refractivity contribution is -0.579. The van der Waals surface area contributed by atoms with Gasteiger partial charge >= 0.3 is 12.0 Å². The van der Waals surface area contributed by atoms with Crippen molar-refractivity contribution in [3.8, 4) is 0 Å². The van der Waals surface area contributed by atoms with Gasteiger partial charge in [-0.3, -0.25) is 9.59 Å². The molecule has 0 aromatic rings. The third-order valence-electron chi connectivity index (χ3n) is 16.4. The number of rotatable bonds is 22. The summed E-state index contributed by atoms with van der Waals surface area (Å²) in [5.41, 5.74) is -15.8. The molecular formula is C46H81N3O17S. The third kappa shape index (κ3) is 9.39. The molecule has 0 aliphatic carbocycles. The summed E-state index contributed by atoms with van der Waals surface area (Å²) < 4.78 is 43.6. The van der Waals surface area contributed by atoms with Gasteiger partial charge < -0.3 is 84.9 Å². The predicted octanol–water partition coefficient (Wildman–Crippen LogP) is 0.750. The molecule has 2 bridgehead atoms. The molecule has 0 spiro atoms. The highest BCUT2D eigenvalue weighted by Crippen LogP contribution is 2.64. The van der Waals surface area contributed by atoms with E-state index in [2.05, 4.69) is 16.0 Å². The van der Waals surface area contributed by atoms with Crippen molar-refractivity contribution in [1.82, 2.24) is 16.0 Å². The van der Waals surface area contributed by atoms with Crippen molar-refractivity contribution in [2.45, 2.75) is 208 Å². The second-order valence-electron chi connectivity index (χ2n) is 22.6. The zero-order chi connectivity index (χ0) is 50.9. The number of nitrogens with one attached hydrogen (secondary N) is 3. The number of esters is 1. The first-order chi connectivity index (χ1) is 30.5. The van der Waals surface area contributed by atoms with E-state index < -0.39 is 111 Å². The average molecular weight is 980 g/mol. The Hall–Kier alpha value is -1.96. The Balaban J connectivity index is 1.30. The summed E-state index contributed by atoms with van der Waals surface area (Å²) in [4.78, 5) is 38.1. The Labute approximate surface area is 399 Å². The van der Waals surface area contributed by atoms with Crippen LogP contribution in [0.4, 0.5) is 4.79 Å². The number of urea groups is 1. The highest BCUT2D eigenvalue weighted by atomic mass is 32.2. The van der Waals surface area contributed by atoms with Gasteiger partial charge in [-0.05, 0) is 82.1 Å². The van der Waals surface area contributed by atoms with E-state index in [4.69, 9.17) is 33.2 Å². The summed E-state index contributed by atoms with van der Waals surface area (Å²) >= 11 is 1.79. The molecule has 10 unspecified atom stereocenters. The minimum absolute atomic E-state index is 0.0384. The molecule has 10 N–H and O–H groups in total.